The van der Waals surface area contributed by atoms with Crippen molar-refractivity contribution in [1.29, 1.82) is 0 Å². The SMILES string of the molecule is COC(=O)[C@@H]1C2CCC(C2)C1C. The third-order valence-corrected chi connectivity index (χ3v) is 3.80. The molecular formula is C10H16O2. The molecule has 2 aliphatic rings. The minimum absolute atomic E-state index is 0.0229. The third-order valence-electron chi connectivity index (χ3n) is 3.80. The molecule has 2 nitrogen and oxygen atoms in total. The summed E-state index contributed by atoms with van der Waals surface area (Å²) < 4.78 is 4.82. The summed E-state index contributed by atoms with van der Waals surface area (Å²) in [5, 5.41) is 0. The molecule has 0 aliphatic heterocycles. The van der Waals surface area contributed by atoms with Gasteiger partial charge in [-0.3, -0.25) is 4.79 Å². The van der Waals surface area contributed by atoms with E-state index < -0.39 is 0 Å². The maximum Gasteiger partial charge on any atom is 0.309 e. The summed E-state index contributed by atoms with van der Waals surface area (Å²) in [6, 6.07) is 0. The summed E-state index contributed by atoms with van der Waals surface area (Å²) >= 11 is 0. The van der Waals surface area contributed by atoms with E-state index in [9.17, 15) is 4.79 Å². The van der Waals surface area contributed by atoms with Gasteiger partial charge in [-0.25, -0.2) is 0 Å². The van der Waals surface area contributed by atoms with Crippen molar-refractivity contribution < 1.29 is 9.53 Å². The summed E-state index contributed by atoms with van der Waals surface area (Å²) in [6.45, 7) is 2.20. The van der Waals surface area contributed by atoms with Crippen LogP contribution in [0.25, 0.3) is 0 Å². The van der Waals surface area contributed by atoms with E-state index in [0.29, 0.717) is 11.8 Å². The lowest BCUT2D eigenvalue weighted by molar-refractivity contribution is -0.149. The van der Waals surface area contributed by atoms with Gasteiger partial charge in [-0.15, -0.1) is 0 Å². The van der Waals surface area contributed by atoms with Gasteiger partial charge in [0.15, 0.2) is 0 Å². The molecule has 2 bridgehead atoms. The molecule has 0 aromatic carbocycles. The molecule has 2 rings (SSSR count). The Morgan fingerprint density at radius 1 is 1.33 bits per heavy atom. The maximum atomic E-state index is 11.4. The lowest BCUT2D eigenvalue weighted by Crippen LogP contribution is -2.28. The fourth-order valence-corrected chi connectivity index (χ4v) is 3.12. The highest BCUT2D eigenvalue weighted by atomic mass is 16.5. The van der Waals surface area contributed by atoms with Gasteiger partial charge in [-0.05, 0) is 37.0 Å². The molecule has 0 aromatic rings. The van der Waals surface area contributed by atoms with Gasteiger partial charge in [-0.1, -0.05) is 6.92 Å². The van der Waals surface area contributed by atoms with E-state index in [1.54, 1.807) is 0 Å². The number of carbonyl (C=O) groups excluding carboxylic acids is 1. The second-order valence-electron chi connectivity index (χ2n) is 4.24. The minimum atomic E-state index is 0.0229. The summed E-state index contributed by atoms with van der Waals surface area (Å²) in [6.07, 6.45) is 3.84. The van der Waals surface area contributed by atoms with Gasteiger partial charge in [0.2, 0.25) is 0 Å². The number of hydrogen-bond acceptors (Lipinski definition) is 2. The van der Waals surface area contributed by atoms with Gasteiger partial charge in [0, 0.05) is 0 Å². The van der Waals surface area contributed by atoms with Crippen molar-refractivity contribution >= 4 is 5.97 Å². The van der Waals surface area contributed by atoms with Gasteiger partial charge in [-0.2, -0.15) is 0 Å². The van der Waals surface area contributed by atoms with Crippen molar-refractivity contribution in [2.24, 2.45) is 23.7 Å². The van der Waals surface area contributed by atoms with Crippen molar-refractivity contribution in [3.63, 3.8) is 0 Å². The van der Waals surface area contributed by atoms with Gasteiger partial charge in [0.05, 0.1) is 13.0 Å². The Morgan fingerprint density at radius 3 is 2.50 bits per heavy atom. The first kappa shape index (κ1) is 8.09. The van der Waals surface area contributed by atoms with Crippen molar-refractivity contribution in [2.45, 2.75) is 26.2 Å². The smallest absolute Gasteiger partial charge is 0.309 e. The maximum absolute atomic E-state index is 11.4. The molecule has 2 heteroatoms. The first-order chi connectivity index (χ1) is 5.74. The average Bonchev–Trinajstić information content (AvgIpc) is 2.63. The summed E-state index contributed by atoms with van der Waals surface area (Å²) in [5.41, 5.74) is 0. The van der Waals surface area contributed by atoms with E-state index >= 15 is 0 Å². The van der Waals surface area contributed by atoms with Crippen LogP contribution < -0.4 is 0 Å². The largest absolute Gasteiger partial charge is 0.469 e. The minimum Gasteiger partial charge on any atom is -0.469 e. The van der Waals surface area contributed by atoms with Crippen LogP contribution in [0.1, 0.15) is 26.2 Å². The number of rotatable bonds is 1. The molecule has 0 spiro atoms. The second-order valence-corrected chi connectivity index (χ2v) is 4.24. The number of methoxy groups -OCH3 is 1. The molecule has 0 amide bonds. The van der Waals surface area contributed by atoms with Crippen LogP contribution in [0.3, 0.4) is 0 Å². The van der Waals surface area contributed by atoms with Gasteiger partial charge in [0.1, 0.15) is 0 Å². The summed E-state index contributed by atoms with van der Waals surface area (Å²) in [5.74, 6) is 2.25. The van der Waals surface area contributed by atoms with Crippen LogP contribution in [0.15, 0.2) is 0 Å². The Hall–Kier alpha value is -0.530. The highest BCUT2D eigenvalue weighted by Crippen LogP contribution is 2.52. The lowest BCUT2D eigenvalue weighted by atomic mass is 9.80. The molecule has 0 radical (unpaired) electrons. The number of fused-ring (bicyclic) bond motifs is 2. The molecule has 2 aliphatic carbocycles. The zero-order valence-corrected chi connectivity index (χ0v) is 7.75. The van der Waals surface area contributed by atoms with Crippen LogP contribution in [0.2, 0.25) is 0 Å². The Bertz CT molecular complexity index is 198. The van der Waals surface area contributed by atoms with E-state index in [-0.39, 0.29) is 11.9 Å². The monoisotopic (exact) mass is 168 g/mol. The van der Waals surface area contributed by atoms with Gasteiger partial charge in [0.25, 0.3) is 0 Å². The van der Waals surface area contributed by atoms with E-state index in [0.717, 1.165) is 5.92 Å². The van der Waals surface area contributed by atoms with Crippen molar-refractivity contribution in [3.8, 4) is 0 Å². The molecule has 2 fully saturated rings. The highest BCUT2D eigenvalue weighted by Gasteiger charge is 2.48. The topological polar surface area (TPSA) is 26.3 Å². The van der Waals surface area contributed by atoms with Crippen LogP contribution >= 0.6 is 0 Å². The quantitative estimate of drug-likeness (QED) is 0.558. The van der Waals surface area contributed by atoms with E-state index in [1.165, 1.54) is 26.4 Å². The van der Waals surface area contributed by atoms with Crippen molar-refractivity contribution in [1.82, 2.24) is 0 Å². The fraction of sp³-hybridized carbons (Fsp3) is 0.900. The Kier molecular flexibility index (Phi) is 1.85. The molecule has 0 heterocycles. The molecule has 0 saturated heterocycles. The van der Waals surface area contributed by atoms with Crippen molar-refractivity contribution in [2.75, 3.05) is 7.11 Å². The van der Waals surface area contributed by atoms with Gasteiger partial charge >= 0.3 is 5.97 Å². The lowest BCUT2D eigenvalue weighted by Gasteiger charge is -2.25. The molecule has 2 saturated carbocycles. The molecule has 0 N–H and O–H groups in total. The molecular weight excluding hydrogens is 152 g/mol. The number of carbonyl (C=O) groups is 1. The molecule has 0 aromatic heterocycles. The number of ether oxygens (including phenoxy) is 1. The first-order valence-electron chi connectivity index (χ1n) is 4.82. The van der Waals surface area contributed by atoms with Gasteiger partial charge < -0.3 is 4.74 Å². The van der Waals surface area contributed by atoms with E-state index in [2.05, 4.69) is 6.92 Å². The first-order valence-corrected chi connectivity index (χ1v) is 4.82. The summed E-state index contributed by atoms with van der Waals surface area (Å²) in [7, 11) is 1.50. The zero-order valence-electron chi connectivity index (χ0n) is 7.75. The predicted molar refractivity (Wildman–Crippen MR) is 45.5 cm³/mol. The molecule has 68 valence electrons. The average molecular weight is 168 g/mol. The zero-order chi connectivity index (χ0) is 8.72. The molecule has 3 unspecified atom stereocenters. The summed E-state index contributed by atoms with van der Waals surface area (Å²) in [4.78, 5) is 11.4. The van der Waals surface area contributed by atoms with Crippen LogP contribution in [0.5, 0.6) is 0 Å². The number of hydrogen-bond donors (Lipinski definition) is 0. The van der Waals surface area contributed by atoms with Crippen LogP contribution in [0.4, 0.5) is 0 Å². The standard InChI is InChI=1S/C10H16O2/c1-6-7-3-4-8(5-7)9(6)10(11)12-2/h6-9H,3-5H2,1-2H3/t6?,7?,8?,9-/m0/s1. The Balaban J connectivity index is 2.12. The van der Waals surface area contributed by atoms with Crippen LogP contribution in [0, 0.1) is 23.7 Å². The highest BCUT2D eigenvalue weighted by molar-refractivity contribution is 5.73. The van der Waals surface area contributed by atoms with E-state index in [4.69, 9.17) is 4.74 Å². The second kappa shape index (κ2) is 2.75. The fourth-order valence-electron chi connectivity index (χ4n) is 3.12. The molecule has 4 atom stereocenters. The van der Waals surface area contributed by atoms with Crippen LogP contribution in [-0.2, 0) is 9.53 Å². The Morgan fingerprint density at radius 2 is 2.00 bits per heavy atom. The third kappa shape index (κ3) is 0.970. The molecule has 12 heavy (non-hydrogen) atoms. The van der Waals surface area contributed by atoms with E-state index in [1.807, 2.05) is 0 Å². The van der Waals surface area contributed by atoms with Crippen LogP contribution in [-0.4, -0.2) is 13.1 Å². The van der Waals surface area contributed by atoms with Crippen molar-refractivity contribution in [3.05, 3.63) is 0 Å². The predicted octanol–water partition coefficient (Wildman–Crippen LogP) is 1.84. The number of esters is 1. The Labute approximate surface area is 73.3 Å². The normalized spacial score (nSPS) is 44.8.